The van der Waals surface area contributed by atoms with E-state index in [1.807, 2.05) is 19.2 Å². The van der Waals surface area contributed by atoms with Gasteiger partial charge in [-0.2, -0.15) is 0 Å². The van der Waals surface area contributed by atoms with Crippen LogP contribution in [-0.2, 0) is 12.0 Å². The fraction of sp³-hybridized carbons (Fsp3) is 0.333. The zero-order chi connectivity index (χ0) is 15.5. The molecule has 1 aliphatic heterocycles. The van der Waals surface area contributed by atoms with Crippen molar-refractivity contribution in [2.45, 2.75) is 32.7 Å². The number of furan rings is 1. The SMILES string of the molecule is Cc1cc2c(o1)CN(c1cc(Cl)cc3[nH]ccc13)CC2(C)C. The third kappa shape index (κ3) is 2.03. The van der Waals surface area contributed by atoms with E-state index in [4.69, 9.17) is 16.0 Å². The molecule has 0 amide bonds. The average Bonchev–Trinajstić information content (AvgIpc) is 3.03. The third-order valence-electron chi connectivity index (χ3n) is 4.53. The van der Waals surface area contributed by atoms with Crippen molar-refractivity contribution in [2.75, 3.05) is 11.4 Å². The number of H-pyrrole nitrogens is 1. The number of halogens is 1. The molecule has 0 spiro atoms. The van der Waals surface area contributed by atoms with Crippen molar-refractivity contribution in [3.05, 3.63) is 52.6 Å². The number of hydrogen-bond acceptors (Lipinski definition) is 2. The molecule has 1 N–H and O–H groups in total. The first-order valence-electron chi connectivity index (χ1n) is 7.55. The van der Waals surface area contributed by atoms with Crippen molar-refractivity contribution in [1.29, 1.82) is 0 Å². The molecule has 0 saturated carbocycles. The Hall–Kier alpha value is -1.87. The summed E-state index contributed by atoms with van der Waals surface area (Å²) in [6, 6.07) is 8.31. The summed E-state index contributed by atoms with van der Waals surface area (Å²) in [5.41, 5.74) is 3.61. The number of nitrogens with one attached hydrogen (secondary N) is 1. The second kappa shape index (κ2) is 4.56. The van der Waals surface area contributed by atoms with Crippen molar-refractivity contribution in [1.82, 2.24) is 4.98 Å². The molecule has 0 atom stereocenters. The maximum absolute atomic E-state index is 6.31. The van der Waals surface area contributed by atoms with Crippen molar-refractivity contribution in [3.8, 4) is 0 Å². The number of rotatable bonds is 1. The Bertz CT molecular complexity index is 859. The second-order valence-electron chi connectivity index (χ2n) is 6.80. The lowest BCUT2D eigenvalue weighted by Crippen LogP contribution is -2.41. The highest BCUT2D eigenvalue weighted by Crippen LogP contribution is 2.40. The van der Waals surface area contributed by atoms with E-state index in [1.165, 1.54) is 10.9 Å². The average molecular weight is 315 g/mol. The van der Waals surface area contributed by atoms with Gasteiger partial charge in [0.25, 0.3) is 0 Å². The van der Waals surface area contributed by atoms with Gasteiger partial charge in [0.2, 0.25) is 0 Å². The summed E-state index contributed by atoms with van der Waals surface area (Å²) in [5.74, 6) is 2.05. The molecule has 0 fully saturated rings. The molecule has 0 saturated heterocycles. The minimum atomic E-state index is 0.0519. The Kier molecular flexibility index (Phi) is 2.85. The van der Waals surface area contributed by atoms with Gasteiger partial charge in [-0.25, -0.2) is 0 Å². The fourth-order valence-corrected chi connectivity index (χ4v) is 3.80. The van der Waals surface area contributed by atoms with Crippen LogP contribution in [0, 0.1) is 6.92 Å². The lowest BCUT2D eigenvalue weighted by Gasteiger charge is -2.39. The molecular weight excluding hydrogens is 296 g/mol. The largest absolute Gasteiger partial charge is 0.464 e. The van der Waals surface area contributed by atoms with E-state index < -0.39 is 0 Å². The maximum Gasteiger partial charge on any atom is 0.127 e. The van der Waals surface area contributed by atoms with Crippen molar-refractivity contribution in [3.63, 3.8) is 0 Å². The van der Waals surface area contributed by atoms with E-state index in [9.17, 15) is 0 Å². The van der Waals surface area contributed by atoms with Crippen LogP contribution in [-0.4, -0.2) is 11.5 Å². The quantitative estimate of drug-likeness (QED) is 0.684. The van der Waals surface area contributed by atoms with Gasteiger partial charge in [0, 0.05) is 45.3 Å². The summed E-state index contributed by atoms with van der Waals surface area (Å²) in [6.07, 6.45) is 1.96. The molecule has 2 aromatic heterocycles. The predicted octanol–water partition coefficient (Wildman–Crippen LogP) is 5.02. The molecule has 114 valence electrons. The van der Waals surface area contributed by atoms with E-state index in [2.05, 4.69) is 41.9 Å². The summed E-state index contributed by atoms with van der Waals surface area (Å²) in [4.78, 5) is 5.62. The molecule has 0 radical (unpaired) electrons. The standard InChI is InChI=1S/C18H19ClN2O/c1-11-6-14-17(22-11)9-21(10-18(14,2)3)16-8-12(19)7-15-13(16)4-5-20-15/h4-8,20H,9-10H2,1-3H3. The highest BCUT2D eigenvalue weighted by Gasteiger charge is 2.35. The van der Waals surface area contributed by atoms with Crippen LogP contribution in [0.4, 0.5) is 5.69 Å². The molecular formula is C18H19ClN2O. The normalized spacial score (nSPS) is 17.0. The Morgan fingerprint density at radius 1 is 1.27 bits per heavy atom. The van der Waals surface area contributed by atoms with Crippen LogP contribution in [0.15, 0.2) is 34.9 Å². The van der Waals surface area contributed by atoms with Crippen molar-refractivity contribution >= 4 is 28.2 Å². The molecule has 3 heterocycles. The minimum absolute atomic E-state index is 0.0519. The van der Waals surface area contributed by atoms with Gasteiger partial charge in [-0.1, -0.05) is 25.4 Å². The van der Waals surface area contributed by atoms with Crippen molar-refractivity contribution < 1.29 is 4.42 Å². The van der Waals surface area contributed by atoms with Gasteiger partial charge in [0.1, 0.15) is 11.5 Å². The smallest absolute Gasteiger partial charge is 0.127 e. The number of benzene rings is 1. The van der Waals surface area contributed by atoms with Crippen LogP contribution in [0.25, 0.3) is 10.9 Å². The van der Waals surface area contributed by atoms with Crippen molar-refractivity contribution in [2.24, 2.45) is 0 Å². The molecule has 3 aromatic rings. The fourth-order valence-electron chi connectivity index (χ4n) is 3.59. The monoisotopic (exact) mass is 314 g/mol. The van der Waals surface area contributed by atoms with E-state index in [1.54, 1.807) is 0 Å². The van der Waals surface area contributed by atoms with E-state index >= 15 is 0 Å². The van der Waals surface area contributed by atoms with Crippen LogP contribution in [0.3, 0.4) is 0 Å². The number of hydrogen-bond donors (Lipinski definition) is 1. The Labute approximate surface area is 134 Å². The molecule has 4 rings (SSSR count). The summed E-state index contributed by atoms with van der Waals surface area (Å²) < 4.78 is 5.93. The summed E-state index contributed by atoms with van der Waals surface area (Å²) in [7, 11) is 0. The van der Waals surface area contributed by atoms with E-state index in [-0.39, 0.29) is 5.41 Å². The number of aromatic amines is 1. The molecule has 0 bridgehead atoms. The van der Waals surface area contributed by atoms with Gasteiger partial charge in [0.05, 0.1) is 6.54 Å². The number of nitrogens with zero attached hydrogens (tertiary/aromatic N) is 1. The maximum atomic E-state index is 6.31. The molecule has 0 aliphatic carbocycles. The molecule has 4 heteroatoms. The topological polar surface area (TPSA) is 32.2 Å². The molecule has 1 aliphatic rings. The predicted molar refractivity (Wildman–Crippen MR) is 90.8 cm³/mol. The van der Waals surface area contributed by atoms with E-state index in [0.717, 1.165) is 40.8 Å². The van der Waals surface area contributed by atoms with Gasteiger partial charge in [-0.05, 0) is 31.2 Å². The minimum Gasteiger partial charge on any atom is -0.464 e. The second-order valence-corrected chi connectivity index (χ2v) is 7.23. The van der Waals surface area contributed by atoms with Gasteiger partial charge in [0.15, 0.2) is 0 Å². The number of aryl methyl sites for hydroxylation is 1. The molecule has 0 unspecified atom stereocenters. The number of anilines is 1. The number of fused-ring (bicyclic) bond motifs is 2. The first-order chi connectivity index (χ1) is 10.4. The molecule has 22 heavy (non-hydrogen) atoms. The third-order valence-corrected chi connectivity index (χ3v) is 4.75. The van der Waals surface area contributed by atoms with Gasteiger partial charge >= 0.3 is 0 Å². The van der Waals surface area contributed by atoms with Crippen LogP contribution in [0.5, 0.6) is 0 Å². The van der Waals surface area contributed by atoms with Crippen LogP contribution in [0.1, 0.15) is 30.9 Å². The van der Waals surface area contributed by atoms with Gasteiger partial charge < -0.3 is 14.3 Å². The Morgan fingerprint density at radius 2 is 2.09 bits per heavy atom. The first kappa shape index (κ1) is 13.8. The van der Waals surface area contributed by atoms with Gasteiger partial charge in [-0.3, -0.25) is 0 Å². The zero-order valence-corrected chi connectivity index (χ0v) is 13.8. The Balaban J connectivity index is 1.85. The lowest BCUT2D eigenvalue weighted by atomic mass is 9.81. The number of aromatic nitrogens is 1. The summed E-state index contributed by atoms with van der Waals surface area (Å²) in [5, 5.41) is 1.95. The first-order valence-corrected chi connectivity index (χ1v) is 7.93. The summed E-state index contributed by atoms with van der Waals surface area (Å²) >= 11 is 6.31. The highest BCUT2D eigenvalue weighted by molar-refractivity contribution is 6.31. The zero-order valence-electron chi connectivity index (χ0n) is 13.0. The lowest BCUT2D eigenvalue weighted by molar-refractivity contribution is 0.410. The summed E-state index contributed by atoms with van der Waals surface area (Å²) in [6.45, 7) is 8.28. The molecule has 1 aromatic carbocycles. The van der Waals surface area contributed by atoms with E-state index in [0.29, 0.717) is 0 Å². The molecule has 3 nitrogen and oxygen atoms in total. The van der Waals surface area contributed by atoms with Crippen LogP contribution < -0.4 is 4.90 Å². The van der Waals surface area contributed by atoms with Gasteiger partial charge in [-0.15, -0.1) is 0 Å². The highest BCUT2D eigenvalue weighted by atomic mass is 35.5. The Morgan fingerprint density at radius 3 is 2.91 bits per heavy atom. The van der Waals surface area contributed by atoms with Crippen LogP contribution in [0.2, 0.25) is 5.02 Å². The van der Waals surface area contributed by atoms with Crippen LogP contribution >= 0.6 is 11.6 Å².